The lowest BCUT2D eigenvalue weighted by Gasteiger charge is -2.25. The first-order valence-corrected chi connectivity index (χ1v) is 8.40. The third-order valence-electron chi connectivity index (χ3n) is 3.57. The summed E-state index contributed by atoms with van der Waals surface area (Å²) < 4.78 is 0. The highest BCUT2D eigenvalue weighted by molar-refractivity contribution is 5.94. The number of carbonyl (C=O) groups excluding carboxylic acids is 4. The Labute approximate surface area is 165 Å². The number of aliphatic carboxylic acids is 2. The normalized spacial score (nSPS) is 14.6. The van der Waals surface area contributed by atoms with Crippen molar-refractivity contribution in [2.45, 2.75) is 50.4 Å². The quantitative estimate of drug-likeness (QED) is 0.142. The van der Waals surface area contributed by atoms with Gasteiger partial charge >= 0.3 is 11.9 Å². The lowest BCUT2D eigenvalue weighted by atomic mass is 10.1. The van der Waals surface area contributed by atoms with E-state index >= 15 is 0 Å². The van der Waals surface area contributed by atoms with Crippen molar-refractivity contribution in [3.05, 3.63) is 0 Å². The summed E-state index contributed by atoms with van der Waals surface area (Å²) in [5.41, 5.74) is 10.0. The third-order valence-corrected chi connectivity index (χ3v) is 3.57. The van der Waals surface area contributed by atoms with Gasteiger partial charge in [-0.15, -0.1) is 0 Å². The SMILES string of the molecule is CC(O)C(NC(=O)C(CCC(=O)O)NC(=O)CN)C(=O)NC(CC(N)=O)C(=O)O. The summed E-state index contributed by atoms with van der Waals surface area (Å²) in [7, 11) is 0. The molecule has 0 radical (unpaired) electrons. The predicted molar refractivity (Wildman–Crippen MR) is 94.8 cm³/mol. The van der Waals surface area contributed by atoms with E-state index < -0.39 is 79.2 Å². The highest BCUT2D eigenvalue weighted by atomic mass is 16.4. The number of primary amides is 1. The van der Waals surface area contributed by atoms with Crippen molar-refractivity contribution in [1.82, 2.24) is 16.0 Å². The molecule has 0 bridgehead atoms. The lowest BCUT2D eigenvalue weighted by Crippen LogP contribution is -2.59. The Morgan fingerprint density at radius 2 is 1.52 bits per heavy atom. The van der Waals surface area contributed by atoms with Crippen LogP contribution in [0.15, 0.2) is 0 Å². The average molecular weight is 419 g/mol. The van der Waals surface area contributed by atoms with Gasteiger partial charge in [-0.25, -0.2) is 4.79 Å². The molecule has 0 heterocycles. The molecular formula is C15H25N5O9. The van der Waals surface area contributed by atoms with Crippen LogP contribution in [0, 0.1) is 0 Å². The van der Waals surface area contributed by atoms with Gasteiger partial charge in [0.25, 0.3) is 0 Å². The first-order chi connectivity index (χ1) is 13.4. The van der Waals surface area contributed by atoms with E-state index in [0.29, 0.717) is 0 Å². The molecule has 0 spiro atoms. The molecule has 0 aliphatic rings. The zero-order valence-electron chi connectivity index (χ0n) is 15.6. The number of aliphatic hydroxyl groups is 1. The standard InChI is InChI=1S/C15H25N5O9/c1-6(21)12(14(27)19-8(15(28)29)4-9(17)22)20-13(26)7(2-3-11(24)25)18-10(23)5-16/h6-8,12,21H,2-5,16H2,1H3,(H2,17,22)(H,18,23)(H,19,27)(H,20,26)(H,24,25)(H,28,29). The van der Waals surface area contributed by atoms with Gasteiger partial charge in [-0.05, 0) is 13.3 Å². The molecule has 0 aliphatic heterocycles. The largest absolute Gasteiger partial charge is 0.481 e. The summed E-state index contributed by atoms with van der Waals surface area (Å²) in [4.78, 5) is 68.9. The topological polar surface area (TPSA) is 251 Å². The number of aliphatic hydroxyl groups excluding tert-OH is 1. The molecule has 0 saturated carbocycles. The van der Waals surface area contributed by atoms with Gasteiger partial charge in [-0.1, -0.05) is 0 Å². The van der Waals surface area contributed by atoms with Crippen LogP contribution in [0.25, 0.3) is 0 Å². The fourth-order valence-electron chi connectivity index (χ4n) is 2.11. The number of nitrogens with one attached hydrogen (secondary N) is 3. The van der Waals surface area contributed by atoms with Gasteiger partial charge in [-0.2, -0.15) is 0 Å². The van der Waals surface area contributed by atoms with E-state index in [2.05, 4.69) is 10.6 Å². The van der Waals surface area contributed by atoms with E-state index in [4.69, 9.17) is 21.7 Å². The second-order valence-corrected chi connectivity index (χ2v) is 6.05. The Bertz CT molecular complexity index is 652. The van der Waals surface area contributed by atoms with E-state index in [0.717, 1.165) is 6.92 Å². The molecule has 14 nitrogen and oxygen atoms in total. The smallest absolute Gasteiger partial charge is 0.326 e. The molecule has 4 unspecified atom stereocenters. The fraction of sp³-hybridized carbons (Fsp3) is 0.600. The van der Waals surface area contributed by atoms with Crippen LogP contribution in [-0.2, 0) is 28.8 Å². The third kappa shape index (κ3) is 10.0. The first-order valence-electron chi connectivity index (χ1n) is 8.40. The van der Waals surface area contributed by atoms with Crippen molar-refractivity contribution in [1.29, 1.82) is 0 Å². The zero-order chi connectivity index (χ0) is 22.7. The van der Waals surface area contributed by atoms with Gasteiger partial charge in [0.1, 0.15) is 18.1 Å². The molecule has 0 rings (SSSR count). The number of carboxylic acid groups (broad SMARTS) is 2. The van der Waals surface area contributed by atoms with Gasteiger partial charge in [0.15, 0.2) is 0 Å². The molecule has 0 aromatic heterocycles. The average Bonchev–Trinajstić information content (AvgIpc) is 2.60. The molecule has 0 saturated heterocycles. The highest BCUT2D eigenvalue weighted by Crippen LogP contribution is 2.03. The van der Waals surface area contributed by atoms with Crippen molar-refractivity contribution in [3.8, 4) is 0 Å². The second kappa shape index (κ2) is 12.2. The Morgan fingerprint density at radius 3 is 1.93 bits per heavy atom. The molecule has 4 atom stereocenters. The molecule has 10 N–H and O–H groups in total. The van der Waals surface area contributed by atoms with Gasteiger partial charge in [0.05, 0.1) is 19.1 Å². The summed E-state index contributed by atoms with van der Waals surface area (Å²) in [5, 5.41) is 33.8. The first kappa shape index (κ1) is 25.7. The molecule has 4 amide bonds. The lowest BCUT2D eigenvalue weighted by molar-refractivity contribution is -0.144. The van der Waals surface area contributed by atoms with Crippen LogP contribution in [0.1, 0.15) is 26.2 Å². The Hall–Kier alpha value is -3.26. The van der Waals surface area contributed by atoms with E-state index in [-0.39, 0.29) is 6.42 Å². The minimum Gasteiger partial charge on any atom is -0.481 e. The monoisotopic (exact) mass is 419 g/mol. The number of carboxylic acids is 2. The van der Waals surface area contributed by atoms with Crippen molar-refractivity contribution >= 4 is 35.6 Å². The molecule has 0 aromatic carbocycles. The molecule has 0 fully saturated rings. The van der Waals surface area contributed by atoms with Gasteiger partial charge in [0.2, 0.25) is 23.6 Å². The van der Waals surface area contributed by atoms with Crippen LogP contribution < -0.4 is 27.4 Å². The summed E-state index contributed by atoms with van der Waals surface area (Å²) in [6.45, 7) is 0.643. The number of carbonyl (C=O) groups is 6. The van der Waals surface area contributed by atoms with Crippen LogP contribution in [0.2, 0.25) is 0 Å². The number of amides is 4. The highest BCUT2D eigenvalue weighted by Gasteiger charge is 2.32. The van der Waals surface area contributed by atoms with Crippen molar-refractivity contribution in [2.75, 3.05) is 6.54 Å². The summed E-state index contributed by atoms with van der Waals surface area (Å²) in [6.07, 6.45) is -3.06. The van der Waals surface area contributed by atoms with Crippen molar-refractivity contribution in [2.24, 2.45) is 11.5 Å². The van der Waals surface area contributed by atoms with Gasteiger partial charge in [-0.3, -0.25) is 24.0 Å². The summed E-state index contributed by atoms with van der Waals surface area (Å²) in [6, 6.07) is -4.74. The van der Waals surface area contributed by atoms with Crippen LogP contribution in [0.3, 0.4) is 0 Å². The minimum atomic E-state index is -1.70. The Balaban J connectivity index is 5.33. The number of rotatable bonds is 13. The van der Waals surface area contributed by atoms with E-state index in [1.165, 1.54) is 0 Å². The fourth-order valence-corrected chi connectivity index (χ4v) is 2.11. The Morgan fingerprint density at radius 1 is 0.931 bits per heavy atom. The van der Waals surface area contributed by atoms with Crippen LogP contribution in [0.4, 0.5) is 0 Å². The molecule has 164 valence electrons. The molecule has 0 aliphatic carbocycles. The minimum absolute atomic E-state index is 0.333. The van der Waals surface area contributed by atoms with Crippen molar-refractivity contribution in [3.63, 3.8) is 0 Å². The molecular weight excluding hydrogens is 394 g/mol. The maximum absolute atomic E-state index is 12.4. The van der Waals surface area contributed by atoms with Crippen LogP contribution in [0.5, 0.6) is 0 Å². The summed E-state index contributed by atoms with van der Waals surface area (Å²) in [5.74, 6) is -6.72. The number of nitrogens with two attached hydrogens (primary N) is 2. The molecule has 14 heteroatoms. The van der Waals surface area contributed by atoms with E-state index in [9.17, 15) is 33.9 Å². The Kier molecular flexibility index (Phi) is 10.9. The van der Waals surface area contributed by atoms with Gasteiger partial charge < -0.3 is 42.7 Å². The number of hydrogen-bond donors (Lipinski definition) is 8. The predicted octanol–water partition coefficient (Wildman–Crippen LogP) is -4.39. The maximum atomic E-state index is 12.4. The molecule has 29 heavy (non-hydrogen) atoms. The van der Waals surface area contributed by atoms with E-state index in [1.54, 1.807) is 0 Å². The van der Waals surface area contributed by atoms with Crippen LogP contribution >= 0.6 is 0 Å². The second-order valence-electron chi connectivity index (χ2n) is 6.05. The zero-order valence-corrected chi connectivity index (χ0v) is 15.6. The van der Waals surface area contributed by atoms with Gasteiger partial charge in [0, 0.05) is 6.42 Å². The molecule has 0 aromatic rings. The maximum Gasteiger partial charge on any atom is 0.326 e. The number of hydrogen-bond acceptors (Lipinski definition) is 8. The van der Waals surface area contributed by atoms with E-state index in [1.807, 2.05) is 5.32 Å². The van der Waals surface area contributed by atoms with Crippen LogP contribution in [-0.4, -0.2) is 81.7 Å². The van der Waals surface area contributed by atoms with Crippen molar-refractivity contribution < 1.29 is 44.1 Å². The summed E-state index contributed by atoms with van der Waals surface area (Å²) >= 11 is 0.